The smallest absolute Gasteiger partial charge is 0.119 e. The molecule has 2 aromatic carbocycles. The molecule has 2 N–H and O–H groups in total. The molecular weight excluding hydrogens is 405 g/mol. The zero-order valence-corrected chi connectivity index (χ0v) is 18.1. The Kier molecular flexibility index (Phi) is 13.3. The highest BCUT2D eigenvalue weighted by molar-refractivity contribution is 5.86. The SMILES string of the molecule is COc1ccc(NCCc2ccc(CN3CCNCC3)cc2)cc1.Cl.Cl.Cl. The Balaban J connectivity index is 0.00000225. The molecule has 27 heavy (non-hydrogen) atoms. The summed E-state index contributed by atoms with van der Waals surface area (Å²) < 4.78 is 5.17. The van der Waals surface area contributed by atoms with E-state index in [-0.39, 0.29) is 37.2 Å². The number of benzene rings is 2. The normalized spacial score (nSPS) is 13.5. The van der Waals surface area contributed by atoms with Gasteiger partial charge in [-0.3, -0.25) is 4.90 Å². The minimum atomic E-state index is 0. The molecule has 1 saturated heterocycles. The van der Waals surface area contributed by atoms with E-state index in [2.05, 4.69) is 51.9 Å². The Morgan fingerprint density at radius 3 is 2.07 bits per heavy atom. The van der Waals surface area contributed by atoms with Gasteiger partial charge in [0, 0.05) is 45.0 Å². The Morgan fingerprint density at radius 1 is 0.889 bits per heavy atom. The summed E-state index contributed by atoms with van der Waals surface area (Å²) in [6.07, 6.45) is 1.03. The van der Waals surface area contributed by atoms with Gasteiger partial charge in [-0.25, -0.2) is 0 Å². The molecule has 0 amide bonds. The van der Waals surface area contributed by atoms with E-state index >= 15 is 0 Å². The number of ether oxygens (including phenoxy) is 1. The molecule has 152 valence electrons. The lowest BCUT2D eigenvalue weighted by molar-refractivity contribution is 0.233. The summed E-state index contributed by atoms with van der Waals surface area (Å²) in [7, 11) is 1.69. The van der Waals surface area contributed by atoms with Crippen molar-refractivity contribution in [3.63, 3.8) is 0 Å². The molecule has 0 aliphatic carbocycles. The number of hydrogen-bond acceptors (Lipinski definition) is 4. The van der Waals surface area contributed by atoms with E-state index in [4.69, 9.17) is 4.74 Å². The number of rotatable bonds is 7. The third-order valence-corrected chi connectivity index (χ3v) is 4.47. The van der Waals surface area contributed by atoms with Gasteiger partial charge in [0.15, 0.2) is 0 Å². The first kappa shape index (κ1) is 25.8. The number of hydrogen-bond donors (Lipinski definition) is 2. The molecule has 7 heteroatoms. The zero-order valence-electron chi connectivity index (χ0n) is 15.6. The lowest BCUT2D eigenvalue weighted by atomic mass is 10.1. The van der Waals surface area contributed by atoms with Gasteiger partial charge in [-0.15, -0.1) is 37.2 Å². The molecule has 3 rings (SSSR count). The third kappa shape index (κ3) is 8.58. The van der Waals surface area contributed by atoms with Crippen LogP contribution in [0.25, 0.3) is 0 Å². The van der Waals surface area contributed by atoms with E-state index in [1.54, 1.807) is 7.11 Å². The summed E-state index contributed by atoms with van der Waals surface area (Å²) >= 11 is 0. The molecule has 0 aromatic heterocycles. The van der Waals surface area contributed by atoms with Gasteiger partial charge in [-0.2, -0.15) is 0 Å². The lowest BCUT2D eigenvalue weighted by Crippen LogP contribution is -2.42. The highest BCUT2D eigenvalue weighted by Crippen LogP contribution is 2.15. The predicted molar refractivity (Wildman–Crippen MR) is 122 cm³/mol. The molecule has 1 fully saturated rings. The third-order valence-electron chi connectivity index (χ3n) is 4.47. The molecule has 0 saturated carbocycles. The van der Waals surface area contributed by atoms with E-state index in [1.807, 2.05) is 12.1 Å². The molecule has 0 unspecified atom stereocenters. The van der Waals surface area contributed by atoms with Gasteiger partial charge in [0.2, 0.25) is 0 Å². The van der Waals surface area contributed by atoms with Gasteiger partial charge < -0.3 is 15.4 Å². The Morgan fingerprint density at radius 2 is 1.48 bits per heavy atom. The van der Waals surface area contributed by atoms with Crippen LogP contribution in [0.4, 0.5) is 5.69 Å². The topological polar surface area (TPSA) is 36.5 Å². The lowest BCUT2D eigenvalue weighted by Gasteiger charge is -2.27. The van der Waals surface area contributed by atoms with Gasteiger partial charge >= 0.3 is 0 Å². The molecule has 1 aliphatic heterocycles. The second-order valence-corrected chi connectivity index (χ2v) is 6.25. The van der Waals surface area contributed by atoms with E-state index in [9.17, 15) is 0 Å². The van der Waals surface area contributed by atoms with Crippen LogP contribution in [0.5, 0.6) is 5.75 Å². The second-order valence-electron chi connectivity index (χ2n) is 6.25. The van der Waals surface area contributed by atoms with Crippen LogP contribution in [0.1, 0.15) is 11.1 Å². The molecule has 0 radical (unpaired) electrons. The van der Waals surface area contributed by atoms with Gasteiger partial charge in [0.25, 0.3) is 0 Å². The van der Waals surface area contributed by atoms with Gasteiger partial charge in [0.05, 0.1) is 7.11 Å². The molecular formula is C20H30Cl3N3O. The minimum Gasteiger partial charge on any atom is -0.497 e. The molecule has 0 bridgehead atoms. The van der Waals surface area contributed by atoms with Crippen molar-refractivity contribution in [3.8, 4) is 5.75 Å². The first-order valence-electron chi connectivity index (χ1n) is 8.72. The van der Waals surface area contributed by atoms with Crippen LogP contribution in [0.3, 0.4) is 0 Å². The molecule has 1 heterocycles. The Hall–Kier alpha value is -1.17. The zero-order chi connectivity index (χ0) is 16.6. The summed E-state index contributed by atoms with van der Waals surface area (Å²) in [6.45, 7) is 6.50. The van der Waals surface area contributed by atoms with Gasteiger partial charge in [0.1, 0.15) is 5.75 Å². The second kappa shape index (κ2) is 13.9. The summed E-state index contributed by atoms with van der Waals surface area (Å²) in [5.41, 5.74) is 3.91. The van der Waals surface area contributed by atoms with Crippen LogP contribution >= 0.6 is 37.2 Å². The standard InChI is InChI=1S/C20H27N3O.3ClH/c1-24-20-8-6-19(7-9-20)22-11-10-17-2-4-18(5-3-17)16-23-14-12-21-13-15-23;;;/h2-9,21-22H,10-16H2,1H3;3*1H. The number of nitrogens with zero attached hydrogens (tertiary/aromatic N) is 1. The fourth-order valence-electron chi connectivity index (χ4n) is 3.00. The van der Waals surface area contributed by atoms with E-state index in [0.717, 1.165) is 57.1 Å². The minimum absolute atomic E-state index is 0. The van der Waals surface area contributed by atoms with Crippen LogP contribution in [0, 0.1) is 0 Å². The van der Waals surface area contributed by atoms with Crippen LogP contribution in [-0.2, 0) is 13.0 Å². The van der Waals surface area contributed by atoms with Gasteiger partial charge in [-0.05, 0) is 41.8 Å². The predicted octanol–water partition coefficient (Wildman–Crippen LogP) is 4.02. The van der Waals surface area contributed by atoms with E-state index in [1.165, 1.54) is 11.1 Å². The van der Waals surface area contributed by atoms with E-state index in [0.29, 0.717) is 0 Å². The van der Waals surface area contributed by atoms with Crippen LogP contribution in [0.15, 0.2) is 48.5 Å². The van der Waals surface area contributed by atoms with Crippen molar-refractivity contribution in [1.82, 2.24) is 10.2 Å². The Bertz CT molecular complexity index is 617. The number of halogens is 3. The number of nitrogens with one attached hydrogen (secondary N) is 2. The van der Waals surface area contributed by atoms with Crippen molar-refractivity contribution in [2.45, 2.75) is 13.0 Å². The molecule has 1 aliphatic rings. The summed E-state index contributed by atoms with van der Waals surface area (Å²) in [5.74, 6) is 0.889. The van der Waals surface area contributed by atoms with Crippen molar-refractivity contribution < 1.29 is 4.74 Å². The van der Waals surface area contributed by atoms with Crippen LogP contribution in [-0.4, -0.2) is 44.7 Å². The van der Waals surface area contributed by atoms with Crippen molar-refractivity contribution in [1.29, 1.82) is 0 Å². The molecule has 0 atom stereocenters. The fraction of sp³-hybridized carbons (Fsp3) is 0.400. The van der Waals surface area contributed by atoms with Crippen molar-refractivity contribution in [2.75, 3.05) is 45.2 Å². The largest absolute Gasteiger partial charge is 0.497 e. The first-order chi connectivity index (χ1) is 11.8. The van der Waals surface area contributed by atoms with Crippen molar-refractivity contribution >= 4 is 42.9 Å². The maximum Gasteiger partial charge on any atom is 0.119 e. The van der Waals surface area contributed by atoms with Crippen molar-refractivity contribution in [2.24, 2.45) is 0 Å². The van der Waals surface area contributed by atoms with Crippen LogP contribution in [0.2, 0.25) is 0 Å². The number of piperazine rings is 1. The Labute approximate surface area is 181 Å². The molecule has 4 nitrogen and oxygen atoms in total. The quantitative estimate of drug-likeness (QED) is 0.690. The monoisotopic (exact) mass is 433 g/mol. The highest BCUT2D eigenvalue weighted by Gasteiger charge is 2.09. The highest BCUT2D eigenvalue weighted by atomic mass is 35.5. The summed E-state index contributed by atoms with van der Waals surface area (Å²) in [4.78, 5) is 2.51. The van der Waals surface area contributed by atoms with E-state index < -0.39 is 0 Å². The average molecular weight is 435 g/mol. The molecule has 2 aromatic rings. The maximum absolute atomic E-state index is 5.17. The maximum atomic E-state index is 5.17. The molecule has 0 spiro atoms. The fourth-order valence-corrected chi connectivity index (χ4v) is 3.00. The summed E-state index contributed by atoms with van der Waals surface area (Å²) in [6, 6.07) is 17.1. The van der Waals surface area contributed by atoms with Crippen LogP contribution < -0.4 is 15.4 Å². The number of anilines is 1. The van der Waals surface area contributed by atoms with Crippen molar-refractivity contribution in [3.05, 3.63) is 59.7 Å². The van der Waals surface area contributed by atoms with Gasteiger partial charge in [-0.1, -0.05) is 24.3 Å². The first-order valence-corrected chi connectivity index (χ1v) is 8.72. The summed E-state index contributed by atoms with van der Waals surface area (Å²) in [5, 5.41) is 6.85. The average Bonchev–Trinajstić information content (AvgIpc) is 2.65. The number of methoxy groups -OCH3 is 1.